The molecular formula is C12H20N4O. The van der Waals surface area contributed by atoms with Crippen LogP contribution < -0.4 is 0 Å². The van der Waals surface area contributed by atoms with Crippen LogP contribution in [0.1, 0.15) is 56.5 Å². The van der Waals surface area contributed by atoms with E-state index >= 15 is 0 Å². The van der Waals surface area contributed by atoms with Gasteiger partial charge in [0.15, 0.2) is 0 Å². The van der Waals surface area contributed by atoms with Crippen LogP contribution in [0.5, 0.6) is 0 Å². The van der Waals surface area contributed by atoms with Crippen molar-refractivity contribution in [3.05, 3.63) is 11.6 Å². The molecule has 17 heavy (non-hydrogen) atoms. The van der Waals surface area contributed by atoms with E-state index in [-0.39, 0.29) is 5.91 Å². The topological polar surface area (TPSA) is 61.9 Å². The largest absolute Gasteiger partial charge is 0.330 e. The quantitative estimate of drug-likeness (QED) is 0.870. The Morgan fingerprint density at radius 1 is 1.47 bits per heavy atom. The molecule has 5 heteroatoms. The molecule has 2 heterocycles. The lowest BCUT2D eigenvalue weighted by molar-refractivity contribution is 0.0664. The summed E-state index contributed by atoms with van der Waals surface area (Å²) in [6.45, 7) is 6.21. The smallest absolute Gasteiger partial charge is 0.294 e. The highest BCUT2D eigenvalue weighted by Crippen LogP contribution is 2.27. The van der Waals surface area contributed by atoms with E-state index in [9.17, 15) is 4.79 Å². The minimum Gasteiger partial charge on any atom is -0.330 e. The number of hydrogen-bond acceptors (Lipinski definition) is 3. The Labute approximate surface area is 102 Å². The summed E-state index contributed by atoms with van der Waals surface area (Å²) >= 11 is 0. The molecule has 2 atom stereocenters. The minimum absolute atomic E-state index is 0.0298. The summed E-state index contributed by atoms with van der Waals surface area (Å²) in [4.78, 5) is 18.5. The number of nitrogens with one attached hydrogen (secondary N) is 1. The molecule has 0 radical (unpaired) electrons. The van der Waals surface area contributed by atoms with E-state index in [0.29, 0.717) is 17.9 Å². The molecule has 1 amide bonds. The number of aromatic nitrogens is 3. The number of rotatable bonds is 3. The van der Waals surface area contributed by atoms with Crippen molar-refractivity contribution >= 4 is 5.91 Å². The molecular weight excluding hydrogens is 216 g/mol. The molecule has 2 unspecified atom stereocenters. The van der Waals surface area contributed by atoms with Crippen LogP contribution in [0, 0.1) is 0 Å². The first-order valence-corrected chi connectivity index (χ1v) is 6.41. The molecule has 1 aromatic rings. The fourth-order valence-corrected chi connectivity index (χ4v) is 2.50. The number of carbonyl (C=O) groups is 1. The van der Waals surface area contributed by atoms with Crippen LogP contribution in [0.4, 0.5) is 0 Å². The lowest BCUT2D eigenvalue weighted by Gasteiger charge is -2.26. The van der Waals surface area contributed by atoms with Crippen molar-refractivity contribution in [1.82, 2.24) is 20.1 Å². The Hall–Kier alpha value is -1.39. The van der Waals surface area contributed by atoms with Crippen LogP contribution in [0.25, 0.3) is 0 Å². The van der Waals surface area contributed by atoms with Crippen molar-refractivity contribution in [3.63, 3.8) is 0 Å². The third-order valence-corrected chi connectivity index (χ3v) is 3.55. The monoisotopic (exact) mass is 236 g/mol. The van der Waals surface area contributed by atoms with Crippen molar-refractivity contribution in [1.29, 1.82) is 0 Å². The highest BCUT2D eigenvalue weighted by molar-refractivity contribution is 5.91. The molecule has 94 valence electrons. The molecule has 0 spiro atoms. The standard InChI is InChI=1S/C12H20N4O/c1-4-9-7-6-8(3)16(9)12(17)11-13-10(5-2)14-15-11/h8-9H,4-7H2,1-3H3,(H,13,14,15). The van der Waals surface area contributed by atoms with E-state index in [1.165, 1.54) is 0 Å². The first kappa shape index (κ1) is 12.1. The van der Waals surface area contributed by atoms with E-state index in [0.717, 1.165) is 31.5 Å². The molecule has 1 fully saturated rings. The van der Waals surface area contributed by atoms with Gasteiger partial charge < -0.3 is 4.90 Å². The summed E-state index contributed by atoms with van der Waals surface area (Å²) in [5.41, 5.74) is 0. The number of aromatic amines is 1. The molecule has 0 aliphatic carbocycles. The first-order valence-electron chi connectivity index (χ1n) is 6.41. The van der Waals surface area contributed by atoms with Crippen molar-refractivity contribution in [2.45, 2.75) is 58.5 Å². The summed E-state index contributed by atoms with van der Waals surface area (Å²) in [7, 11) is 0. The normalized spacial score (nSPS) is 24.3. The molecule has 5 nitrogen and oxygen atoms in total. The second-order valence-corrected chi connectivity index (χ2v) is 4.66. The second-order valence-electron chi connectivity index (χ2n) is 4.66. The zero-order chi connectivity index (χ0) is 12.4. The summed E-state index contributed by atoms with van der Waals surface area (Å²) in [5, 5.41) is 6.81. The van der Waals surface area contributed by atoms with Crippen molar-refractivity contribution in [2.75, 3.05) is 0 Å². The van der Waals surface area contributed by atoms with E-state index in [1.54, 1.807) is 0 Å². The van der Waals surface area contributed by atoms with E-state index in [1.807, 2.05) is 11.8 Å². The number of amides is 1. The number of carbonyl (C=O) groups excluding carboxylic acids is 1. The Bertz CT molecular complexity index is 401. The van der Waals surface area contributed by atoms with Crippen LogP contribution in [0.15, 0.2) is 0 Å². The van der Waals surface area contributed by atoms with E-state index in [2.05, 4.69) is 29.0 Å². The van der Waals surface area contributed by atoms with Crippen LogP contribution in [0.3, 0.4) is 0 Å². The highest BCUT2D eigenvalue weighted by atomic mass is 16.2. The van der Waals surface area contributed by atoms with Gasteiger partial charge in [-0.2, -0.15) is 0 Å². The van der Waals surface area contributed by atoms with Gasteiger partial charge in [0, 0.05) is 18.5 Å². The molecule has 0 aromatic carbocycles. The number of likely N-dealkylation sites (tertiary alicyclic amines) is 1. The maximum Gasteiger partial charge on any atom is 0.294 e. The Morgan fingerprint density at radius 2 is 2.24 bits per heavy atom. The molecule has 1 aliphatic rings. The number of nitrogens with zero attached hydrogens (tertiary/aromatic N) is 3. The predicted octanol–water partition coefficient (Wildman–Crippen LogP) is 1.77. The molecule has 1 aromatic heterocycles. The molecule has 0 bridgehead atoms. The maximum absolute atomic E-state index is 12.3. The zero-order valence-corrected chi connectivity index (χ0v) is 10.7. The van der Waals surface area contributed by atoms with Gasteiger partial charge in [-0.3, -0.25) is 9.89 Å². The first-order chi connectivity index (χ1) is 8.17. The van der Waals surface area contributed by atoms with Gasteiger partial charge in [-0.1, -0.05) is 13.8 Å². The van der Waals surface area contributed by atoms with E-state index in [4.69, 9.17) is 0 Å². The number of H-pyrrole nitrogens is 1. The summed E-state index contributed by atoms with van der Waals surface area (Å²) in [5.74, 6) is 1.06. The fourth-order valence-electron chi connectivity index (χ4n) is 2.50. The van der Waals surface area contributed by atoms with Gasteiger partial charge in [-0.25, -0.2) is 4.98 Å². The van der Waals surface area contributed by atoms with Gasteiger partial charge in [0.05, 0.1) is 0 Å². The van der Waals surface area contributed by atoms with Crippen LogP contribution in [-0.4, -0.2) is 38.1 Å². The Morgan fingerprint density at radius 3 is 2.82 bits per heavy atom. The van der Waals surface area contributed by atoms with Gasteiger partial charge in [0.1, 0.15) is 5.82 Å². The van der Waals surface area contributed by atoms with Crippen LogP contribution in [0.2, 0.25) is 0 Å². The van der Waals surface area contributed by atoms with E-state index < -0.39 is 0 Å². The van der Waals surface area contributed by atoms with Crippen LogP contribution in [-0.2, 0) is 6.42 Å². The SMILES string of the molecule is CCc1nc(C(=O)N2C(C)CCC2CC)n[nH]1. The Balaban J connectivity index is 2.18. The van der Waals surface area contributed by atoms with Gasteiger partial charge in [-0.05, 0) is 26.2 Å². The number of aryl methyl sites for hydroxylation is 1. The van der Waals surface area contributed by atoms with Crippen LogP contribution >= 0.6 is 0 Å². The van der Waals surface area contributed by atoms with Crippen molar-refractivity contribution < 1.29 is 4.79 Å². The fraction of sp³-hybridized carbons (Fsp3) is 0.750. The third kappa shape index (κ3) is 2.18. The van der Waals surface area contributed by atoms with Crippen molar-refractivity contribution in [3.8, 4) is 0 Å². The maximum atomic E-state index is 12.3. The molecule has 1 aliphatic heterocycles. The third-order valence-electron chi connectivity index (χ3n) is 3.55. The summed E-state index contributed by atoms with van der Waals surface area (Å²) in [6, 6.07) is 0.650. The predicted molar refractivity (Wildman–Crippen MR) is 64.7 cm³/mol. The minimum atomic E-state index is -0.0298. The van der Waals surface area contributed by atoms with Gasteiger partial charge >= 0.3 is 0 Å². The lowest BCUT2D eigenvalue weighted by Crippen LogP contribution is -2.40. The second kappa shape index (κ2) is 4.85. The van der Waals surface area contributed by atoms with Gasteiger partial charge in [0.25, 0.3) is 5.91 Å². The van der Waals surface area contributed by atoms with Gasteiger partial charge in [0.2, 0.25) is 5.82 Å². The number of hydrogen-bond donors (Lipinski definition) is 1. The molecule has 1 saturated heterocycles. The van der Waals surface area contributed by atoms with Gasteiger partial charge in [-0.15, -0.1) is 5.10 Å². The average Bonchev–Trinajstić information content (AvgIpc) is 2.94. The summed E-state index contributed by atoms with van der Waals surface area (Å²) < 4.78 is 0. The zero-order valence-electron chi connectivity index (χ0n) is 10.7. The average molecular weight is 236 g/mol. The summed E-state index contributed by atoms with van der Waals surface area (Å²) in [6.07, 6.45) is 3.94. The molecule has 0 saturated carbocycles. The molecule has 1 N–H and O–H groups in total. The molecule has 2 rings (SSSR count). The highest BCUT2D eigenvalue weighted by Gasteiger charge is 2.35. The van der Waals surface area contributed by atoms with Crippen molar-refractivity contribution in [2.24, 2.45) is 0 Å². The lowest BCUT2D eigenvalue weighted by atomic mass is 10.1. The Kier molecular flexibility index (Phi) is 3.45.